The lowest BCUT2D eigenvalue weighted by molar-refractivity contribution is -0.118. The van der Waals surface area contributed by atoms with E-state index >= 15 is 0 Å². The highest BCUT2D eigenvalue weighted by Crippen LogP contribution is 2.36. The Labute approximate surface area is 216 Å². The zero-order valence-corrected chi connectivity index (χ0v) is 21.6. The van der Waals surface area contributed by atoms with Crippen molar-refractivity contribution in [2.75, 3.05) is 0 Å². The molecule has 192 valence electrons. The van der Waals surface area contributed by atoms with Gasteiger partial charge in [0.05, 0.1) is 22.5 Å². The maximum Gasteiger partial charge on any atom is 0.168 e. The summed E-state index contributed by atoms with van der Waals surface area (Å²) in [5.41, 5.74) is 1.32. The summed E-state index contributed by atoms with van der Waals surface area (Å²) >= 11 is 0. The van der Waals surface area contributed by atoms with Crippen LogP contribution in [0.25, 0.3) is 0 Å². The molecule has 0 saturated carbocycles. The summed E-state index contributed by atoms with van der Waals surface area (Å²) in [7, 11) is 0. The van der Waals surface area contributed by atoms with Crippen molar-refractivity contribution in [3.8, 4) is 11.5 Å². The number of nitrogens with zero attached hydrogens (tertiary/aromatic N) is 2. The molecule has 0 radical (unpaired) electrons. The average Bonchev–Trinajstić information content (AvgIpc) is 2.78. The van der Waals surface area contributed by atoms with Gasteiger partial charge in [0.25, 0.3) is 0 Å². The number of ether oxygens (including phenoxy) is 1. The van der Waals surface area contributed by atoms with Crippen LogP contribution in [0, 0.1) is 10.8 Å². The van der Waals surface area contributed by atoms with Gasteiger partial charge in [-0.2, -0.15) is 0 Å². The van der Waals surface area contributed by atoms with Crippen LogP contribution in [0.5, 0.6) is 11.5 Å². The normalized spacial score (nSPS) is 19.8. The molecule has 2 aliphatic rings. The Kier molecular flexibility index (Phi) is 7.16. The van der Waals surface area contributed by atoms with Crippen LogP contribution in [-0.2, 0) is 9.59 Å². The summed E-state index contributed by atoms with van der Waals surface area (Å²) in [6.45, 7) is 7.83. The minimum absolute atomic E-state index is 0.0838. The van der Waals surface area contributed by atoms with Crippen molar-refractivity contribution >= 4 is 35.4 Å². The highest BCUT2D eigenvalue weighted by atomic mass is 16.5. The van der Waals surface area contributed by atoms with Gasteiger partial charge in [-0.05, 0) is 59.4 Å². The molecule has 0 spiro atoms. The van der Waals surface area contributed by atoms with Gasteiger partial charge in [0.1, 0.15) is 23.0 Å². The molecule has 0 atom stereocenters. The summed E-state index contributed by atoms with van der Waals surface area (Å²) in [4.78, 5) is 33.3. The maximum absolute atomic E-state index is 12.3. The van der Waals surface area contributed by atoms with Crippen LogP contribution in [-0.4, -0.2) is 34.2 Å². The fourth-order valence-electron chi connectivity index (χ4n) is 4.51. The van der Waals surface area contributed by atoms with Crippen molar-refractivity contribution in [2.24, 2.45) is 20.8 Å². The van der Waals surface area contributed by atoms with Gasteiger partial charge in [0.15, 0.2) is 11.6 Å². The first-order valence-electron chi connectivity index (χ1n) is 12.3. The standard InChI is InChI=1S/C30H32N2O5/c1-29(2)13-25(33)23(26(34)14-29)17-31-19-5-9-21(10-6-19)37-22-11-7-20(8-12-22)32-18-24-27(35)15-30(3,4)16-28(24)36/h5-12,17-18,33,35H,13-16H2,1-4H3. The van der Waals surface area contributed by atoms with Crippen LogP contribution in [0.4, 0.5) is 11.4 Å². The third-order valence-corrected chi connectivity index (χ3v) is 6.39. The fourth-order valence-corrected chi connectivity index (χ4v) is 4.51. The van der Waals surface area contributed by atoms with Crippen molar-refractivity contribution in [1.82, 2.24) is 0 Å². The van der Waals surface area contributed by atoms with E-state index in [4.69, 9.17) is 4.74 Å². The zero-order valence-electron chi connectivity index (χ0n) is 21.6. The molecular formula is C30H32N2O5. The summed E-state index contributed by atoms with van der Waals surface area (Å²) < 4.78 is 5.88. The van der Waals surface area contributed by atoms with E-state index in [9.17, 15) is 19.8 Å². The maximum atomic E-state index is 12.3. The van der Waals surface area contributed by atoms with E-state index < -0.39 is 0 Å². The molecule has 37 heavy (non-hydrogen) atoms. The Bertz CT molecular complexity index is 1220. The lowest BCUT2D eigenvalue weighted by Gasteiger charge is -2.28. The van der Waals surface area contributed by atoms with E-state index in [2.05, 4.69) is 9.98 Å². The number of ketones is 2. The second-order valence-corrected chi connectivity index (χ2v) is 11.2. The zero-order chi connectivity index (χ0) is 26.8. The summed E-state index contributed by atoms with van der Waals surface area (Å²) in [5, 5.41) is 20.5. The van der Waals surface area contributed by atoms with Gasteiger partial charge in [0, 0.05) is 38.1 Å². The minimum atomic E-state index is -0.242. The summed E-state index contributed by atoms with van der Waals surface area (Å²) in [6, 6.07) is 14.1. The number of hydrogen-bond donors (Lipinski definition) is 2. The van der Waals surface area contributed by atoms with E-state index in [1.807, 2.05) is 27.7 Å². The molecule has 2 aromatic carbocycles. The molecule has 0 aliphatic heterocycles. The Morgan fingerprint density at radius 3 is 1.32 bits per heavy atom. The molecule has 2 N–H and O–H groups in total. The van der Waals surface area contributed by atoms with Crippen molar-refractivity contribution in [1.29, 1.82) is 0 Å². The van der Waals surface area contributed by atoms with Gasteiger partial charge < -0.3 is 14.9 Å². The topological polar surface area (TPSA) is 109 Å². The van der Waals surface area contributed by atoms with Crippen LogP contribution < -0.4 is 4.74 Å². The monoisotopic (exact) mass is 500 g/mol. The Balaban J connectivity index is 1.37. The lowest BCUT2D eigenvalue weighted by atomic mass is 9.77. The Hall–Kier alpha value is -4.00. The Morgan fingerprint density at radius 2 is 1.00 bits per heavy atom. The number of aliphatic imine (C=N–C) groups is 2. The Morgan fingerprint density at radius 1 is 0.649 bits per heavy atom. The first kappa shape index (κ1) is 26.1. The highest BCUT2D eigenvalue weighted by Gasteiger charge is 2.33. The van der Waals surface area contributed by atoms with E-state index in [0.717, 1.165) is 0 Å². The molecule has 0 saturated heterocycles. The van der Waals surface area contributed by atoms with Gasteiger partial charge in [-0.1, -0.05) is 27.7 Å². The summed E-state index contributed by atoms with van der Waals surface area (Å²) in [6.07, 6.45) is 4.53. The van der Waals surface area contributed by atoms with Gasteiger partial charge in [-0.15, -0.1) is 0 Å². The molecular weight excluding hydrogens is 468 g/mol. The van der Waals surface area contributed by atoms with Gasteiger partial charge in [-0.25, -0.2) is 0 Å². The largest absolute Gasteiger partial charge is 0.511 e. The molecule has 0 heterocycles. The molecule has 2 aliphatic carbocycles. The van der Waals surface area contributed by atoms with Crippen LogP contribution in [0.3, 0.4) is 0 Å². The number of aliphatic hydroxyl groups excluding tert-OH is 2. The number of rotatable bonds is 6. The second-order valence-electron chi connectivity index (χ2n) is 11.2. The molecule has 0 amide bonds. The second kappa shape index (κ2) is 10.2. The third kappa shape index (κ3) is 6.61. The SMILES string of the molecule is CC1(C)CC(=O)C(C=Nc2ccc(Oc3ccc(N=CC4=C(O)CC(C)(C)CC4=O)cc3)cc2)=C(O)C1. The number of aliphatic hydroxyl groups is 2. The molecule has 7 nitrogen and oxygen atoms in total. The van der Waals surface area contributed by atoms with E-state index in [1.54, 1.807) is 48.5 Å². The number of benzene rings is 2. The van der Waals surface area contributed by atoms with Crippen LogP contribution >= 0.6 is 0 Å². The number of Topliss-reactive ketones (excluding diaryl/α,β-unsaturated/α-hetero) is 2. The fraction of sp³-hybridized carbons (Fsp3) is 0.333. The van der Waals surface area contributed by atoms with Gasteiger partial charge >= 0.3 is 0 Å². The van der Waals surface area contributed by atoms with E-state index in [0.29, 0.717) is 48.6 Å². The average molecular weight is 501 g/mol. The van der Waals surface area contributed by atoms with Crippen LogP contribution in [0.15, 0.2) is 81.2 Å². The summed E-state index contributed by atoms with van der Waals surface area (Å²) in [5.74, 6) is 1.18. The molecule has 2 aromatic rings. The van der Waals surface area contributed by atoms with Crippen molar-refractivity contribution in [3.63, 3.8) is 0 Å². The minimum Gasteiger partial charge on any atom is -0.511 e. The molecule has 4 rings (SSSR count). The van der Waals surface area contributed by atoms with Crippen LogP contribution in [0.1, 0.15) is 53.4 Å². The number of carbonyl (C=O) groups is 2. The van der Waals surface area contributed by atoms with Crippen molar-refractivity contribution in [2.45, 2.75) is 53.4 Å². The predicted octanol–water partition coefficient (Wildman–Crippen LogP) is 7.29. The molecule has 0 fully saturated rings. The van der Waals surface area contributed by atoms with Gasteiger partial charge in [-0.3, -0.25) is 19.6 Å². The van der Waals surface area contributed by atoms with Crippen molar-refractivity contribution in [3.05, 3.63) is 71.2 Å². The van der Waals surface area contributed by atoms with E-state index in [1.165, 1.54) is 12.4 Å². The number of carbonyl (C=O) groups excluding carboxylic acids is 2. The third-order valence-electron chi connectivity index (χ3n) is 6.39. The highest BCUT2D eigenvalue weighted by molar-refractivity contribution is 6.15. The number of hydrogen-bond acceptors (Lipinski definition) is 7. The first-order chi connectivity index (χ1) is 17.4. The van der Waals surface area contributed by atoms with Gasteiger partial charge in [0.2, 0.25) is 0 Å². The first-order valence-corrected chi connectivity index (χ1v) is 12.3. The van der Waals surface area contributed by atoms with Crippen molar-refractivity contribution < 1.29 is 24.5 Å². The molecule has 0 aromatic heterocycles. The number of allylic oxidation sites excluding steroid dienone is 4. The molecule has 0 bridgehead atoms. The molecule has 7 heteroatoms. The smallest absolute Gasteiger partial charge is 0.168 e. The quantitative estimate of drug-likeness (QED) is 0.405. The van der Waals surface area contributed by atoms with Crippen LogP contribution in [0.2, 0.25) is 0 Å². The van der Waals surface area contributed by atoms with E-state index in [-0.39, 0.29) is 45.1 Å². The molecule has 0 unspecified atom stereocenters. The lowest BCUT2D eigenvalue weighted by Crippen LogP contribution is -2.26. The predicted molar refractivity (Wildman–Crippen MR) is 145 cm³/mol.